The van der Waals surface area contributed by atoms with Gasteiger partial charge < -0.3 is 0 Å². The Balaban J connectivity index is 1.90. The van der Waals surface area contributed by atoms with Gasteiger partial charge in [0.15, 0.2) is 0 Å². The quantitative estimate of drug-likeness (QED) is 0.661. The minimum absolute atomic E-state index is 0.929. The predicted molar refractivity (Wildman–Crippen MR) is 80.3 cm³/mol. The molecule has 0 radical (unpaired) electrons. The van der Waals surface area contributed by atoms with Gasteiger partial charge in [0.05, 0.1) is 17.1 Å². The lowest BCUT2D eigenvalue weighted by atomic mass is 9.89. The van der Waals surface area contributed by atoms with Gasteiger partial charge in [-0.1, -0.05) is 36.4 Å². The van der Waals surface area contributed by atoms with Crippen LogP contribution in [-0.4, -0.2) is 9.97 Å². The average molecular weight is 258 g/mol. The Morgan fingerprint density at radius 3 is 2.45 bits per heavy atom. The molecule has 2 nitrogen and oxygen atoms in total. The fourth-order valence-electron chi connectivity index (χ4n) is 2.82. The van der Waals surface area contributed by atoms with Crippen molar-refractivity contribution in [1.82, 2.24) is 9.97 Å². The molecule has 2 heterocycles. The first kappa shape index (κ1) is 11.4. The third-order valence-corrected chi connectivity index (χ3v) is 3.84. The summed E-state index contributed by atoms with van der Waals surface area (Å²) in [6.07, 6.45) is 3.99. The van der Waals surface area contributed by atoms with Gasteiger partial charge in [0.1, 0.15) is 0 Å². The van der Waals surface area contributed by atoms with E-state index in [1.165, 1.54) is 16.7 Å². The lowest BCUT2D eigenvalue weighted by Gasteiger charge is -2.19. The molecular weight excluding hydrogens is 244 g/mol. The van der Waals surface area contributed by atoms with Gasteiger partial charge in [0.25, 0.3) is 0 Å². The molecule has 0 N–H and O–H groups in total. The molecule has 0 spiro atoms. The Hall–Kier alpha value is -2.48. The molecule has 0 fully saturated rings. The number of pyridine rings is 2. The number of hydrogen-bond acceptors (Lipinski definition) is 2. The summed E-state index contributed by atoms with van der Waals surface area (Å²) in [5.74, 6) is 0. The summed E-state index contributed by atoms with van der Waals surface area (Å²) in [6, 6.07) is 18.8. The van der Waals surface area contributed by atoms with Crippen molar-refractivity contribution >= 4 is 0 Å². The molecule has 2 aromatic heterocycles. The molecule has 0 saturated heterocycles. The number of fused-ring (bicyclic) bond motifs is 3. The largest absolute Gasteiger partial charge is 0.255 e. The van der Waals surface area contributed by atoms with E-state index >= 15 is 0 Å². The van der Waals surface area contributed by atoms with Crippen LogP contribution in [0.2, 0.25) is 0 Å². The number of benzene rings is 1. The maximum atomic E-state index is 4.86. The summed E-state index contributed by atoms with van der Waals surface area (Å²) in [4.78, 5) is 9.25. The van der Waals surface area contributed by atoms with Crippen LogP contribution in [0.1, 0.15) is 11.1 Å². The summed E-state index contributed by atoms with van der Waals surface area (Å²) in [6.45, 7) is 0. The maximum absolute atomic E-state index is 4.86. The molecule has 0 aliphatic heterocycles. The highest BCUT2D eigenvalue weighted by Gasteiger charge is 2.17. The number of hydrogen-bond donors (Lipinski definition) is 0. The molecule has 0 atom stereocenters. The van der Waals surface area contributed by atoms with Gasteiger partial charge in [-0.3, -0.25) is 4.98 Å². The minimum Gasteiger partial charge on any atom is -0.255 e. The molecular formula is C18H14N2. The Morgan fingerprint density at radius 2 is 1.55 bits per heavy atom. The van der Waals surface area contributed by atoms with Crippen molar-refractivity contribution in [3.05, 3.63) is 71.9 Å². The van der Waals surface area contributed by atoms with E-state index in [1.54, 1.807) is 0 Å². The molecule has 0 saturated carbocycles. The predicted octanol–water partition coefficient (Wildman–Crippen LogP) is 3.91. The van der Waals surface area contributed by atoms with Crippen LogP contribution < -0.4 is 0 Å². The molecule has 96 valence electrons. The monoisotopic (exact) mass is 258 g/mol. The molecule has 0 amide bonds. The Labute approximate surface area is 118 Å². The number of nitrogens with zero attached hydrogens (tertiary/aromatic N) is 2. The third-order valence-electron chi connectivity index (χ3n) is 3.84. The third kappa shape index (κ3) is 1.81. The van der Waals surface area contributed by atoms with Crippen molar-refractivity contribution in [2.45, 2.75) is 12.8 Å². The zero-order chi connectivity index (χ0) is 13.4. The second kappa shape index (κ2) is 4.57. The normalized spacial score (nSPS) is 12.6. The van der Waals surface area contributed by atoms with Crippen LogP contribution >= 0.6 is 0 Å². The van der Waals surface area contributed by atoms with E-state index in [0.717, 1.165) is 29.9 Å². The van der Waals surface area contributed by atoms with E-state index < -0.39 is 0 Å². The summed E-state index contributed by atoms with van der Waals surface area (Å²) in [5.41, 5.74) is 7.00. The molecule has 3 aromatic rings. The average Bonchev–Trinajstić information content (AvgIpc) is 2.55. The van der Waals surface area contributed by atoms with Crippen molar-refractivity contribution in [3.63, 3.8) is 0 Å². The molecule has 0 bridgehead atoms. The van der Waals surface area contributed by atoms with Crippen molar-refractivity contribution in [1.29, 1.82) is 0 Å². The Bertz CT molecular complexity index is 763. The van der Waals surface area contributed by atoms with Gasteiger partial charge in [0, 0.05) is 11.8 Å². The van der Waals surface area contributed by atoms with Gasteiger partial charge in [-0.15, -0.1) is 0 Å². The van der Waals surface area contributed by atoms with E-state index in [1.807, 2.05) is 24.4 Å². The molecule has 4 rings (SSSR count). The highest BCUT2D eigenvalue weighted by atomic mass is 14.8. The van der Waals surface area contributed by atoms with Crippen molar-refractivity contribution in [3.8, 4) is 22.6 Å². The van der Waals surface area contributed by atoms with Crippen LogP contribution in [0.5, 0.6) is 0 Å². The summed E-state index contributed by atoms with van der Waals surface area (Å²) >= 11 is 0. The smallest absolute Gasteiger partial charge is 0.0893 e. The van der Waals surface area contributed by atoms with Crippen molar-refractivity contribution in [2.24, 2.45) is 0 Å². The van der Waals surface area contributed by atoms with E-state index in [2.05, 4.69) is 41.4 Å². The van der Waals surface area contributed by atoms with E-state index in [4.69, 9.17) is 4.98 Å². The van der Waals surface area contributed by atoms with Crippen molar-refractivity contribution < 1.29 is 0 Å². The van der Waals surface area contributed by atoms with Crippen LogP contribution in [0.15, 0.2) is 60.8 Å². The zero-order valence-corrected chi connectivity index (χ0v) is 11.1. The first-order valence-electron chi connectivity index (χ1n) is 6.91. The first-order valence-corrected chi connectivity index (χ1v) is 6.91. The van der Waals surface area contributed by atoms with Gasteiger partial charge in [0.2, 0.25) is 0 Å². The second-order valence-corrected chi connectivity index (χ2v) is 5.08. The Morgan fingerprint density at radius 1 is 0.700 bits per heavy atom. The molecule has 1 aromatic carbocycles. The minimum atomic E-state index is 0.929. The van der Waals surface area contributed by atoms with Gasteiger partial charge in [-0.2, -0.15) is 0 Å². The summed E-state index contributed by atoms with van der Waals surface area (Å²) in [7, 11) is 0. The second-order valence-electron chi connectivity index (χ2n) is 5.08. The van der Waals surface area contributed by atoms with Crippen LogP contribution in [0.3, 0.4) is 0 Å². The number of rotatable bonds is 1. The van der Waals surface area contributed by atoms with Gasteiger partial charge >= 0.3 is 0 Å². The first-order chi connectivity index (χ1) is 9.92. The maximum Gasteiger partial charge on any atom is 0.0893 e. The fraction of sp³-hybridized carbons (Fsp3) is 0.111. The molecule has 1 aliphatic rings. The fourth-order valence-corrected chi connectivity index (χ4v) is 2.82. The lowest BCUT2D eigenvalue weighted by molar-refractivity contribution is 0.928. The van der Waals surface area contributed by atoms with Crippen LogP contribution in [0.25, 0.3) is 22.6 Å². The lowest BCUT2D eigenvalue weighted by Crippen LogP contribution is -2.06. The highest BCUT2D eigenvalue weighted by Crippen LogP contribution is 2.33. The van der Waals surface area contributed by atoms with Crippen LogP contribution in [-0.2, 0) is 12.8 Å². The Kier molecular flexibility index (Phi) is 2.59. The van der Waals surface area contributed by atoms with Crippen LogP contribution in [0.4, 0.5) is 0 Å². The molecule has 1 aliphatic carbocycles. The SMILES string of the molecule is c1ccc(-c2ccc3c(n2)-c2ccccc2CC3)nc1. The molecule has 20 heavy (non-hydrogen) atoms. The van der Waals surface area contributed by atoms with E-state index in [-0.39, 0.29) is 0 Å². The molecule has 2 heteroatoms. The van der Waals surface area contributed by atoms with E-state index in [0.29, 0.717) is 0 Å². The summed E-state index contributed by atoms with van der Waals surface area (Å²) < 4.78 is 0. The van der Waals surface area contributed by atoms with Crippen LogP contribution in [0, 0.1) is 0 Å². The topological polar surface area (TPSA) is 25.8 Å². The standard InChI is InChI=1S/C18H14N2/c1-2-6-15-13(5-1)8-9-14-10-11-17(20-18(14)15)16-7-3-4-12-19-16/h1-7,10-12H,8-9H2. The highest BCUT2D eigenvalue weighted by molar-refractivity contribution is 5.72. The number of aromatic nitrogens is 2. The summed E-state index contributed by atoms with van der Waals surface area (Å²) in [5, 5.41) is 0. The zero-order valence-electron chi connectivity index (χ0n) is 11.1. The van der Waals surface area contributed by atoms with Gasteiger partial charge in [-0.25, -0.2) is 4.98 Å². The van der Waals surface area contributed by atoms with Crippen molar-refractivity contribution in [2.75, 3.05) is 0 Å². The van der Waals surface area contributed by atoms with E-state index in [9.17, 15) is 0 Å². The number of aryl methyl sites for hydroxylation is 2. The van der Waals surface area contributed by atoms with Gasteiger partial charge in [-0.05, 0) is 42.2 Å². The molecule has 0 unspecified atom stereocenters.